The van der Waals surface area contributed by atoms with E-state index in [1.54, 1.807) is 11.8 Å². The van der Waals surface area contributed by atoms with E-state index in [-0.39, 0.29) is 6.09 Å². The number of ether oxygens (including phenoxy) is 1. The van der Waals surface area contributed by atoms with Gasteiger partial charge in [-0.3, -0.25) is 0 Å². The number of rotatable bonds is 1. The van der Waals surface area contributed by atoms with Gasteiger partial charge in [0.2, 0.25) is 0 Å². The SMILES string of the molecule is CSc1ccc2c(c1)CCCN(C(=O)OC(C)(C)C)C2. The summed E-state index contributed by atoms with van der Waals surface area (Å²) in [4.78, 5) is 15.3. The third-order valence-electron chi connectivity index (χ3n) is 3.30. The van der Waals surface area contributed by atoms with Gasteiger partial charge in [0.15, 0.2) is 0 Å². The Morgan fingerprint density at radius 3 is 2.70 bits per heavy atom. The Bertz CT molecular complexity index is 494. The lowest BCUT2D eigenvalue weighted by Gasteiger charge is -2.26. The van der Waals surface area contributed by atoms with Crippen molar-refractivity contribution in [3.05, 3.63) is 29.3 Å². The Labute approximate surface area is 125 Å². The molecule has 2 rings (SSSR count). The van der Waals surface area contributed by atoms with E-state index in [0.717, 1.165) is 19.4 Å². The second-order valence-corrected chi connectivity index (χ2v) is 7.02. The fourth-order valence-corrected chi connectivity index (χ4v) is 2.81. The van der Waals surface area contributed by atoms with Crippen LogP contribution in [0.5, 0.6) is 0 Å². The number of carbonyl (C=O) groups excluding carboxylic acids is 1. The summed E-state index contributed by atoms with van der Waals surface area (Å²) in [7, 11) is 0. The van der Waals surface area contributed by atoms with Crippen molar-refractivity contribution in [2.75, 3.05) is 12.8 Å². The van der Waals surface area contributed by atoms with Gasteiger partial charge in [0.25, 0.3) is 0 Å². The zero-order chi connectivity index (χ0) is 14.8. The number of hydrogen-bond donors (Lipinski definition) is 0. The van der Waals surface area contributed by atoms with Gasteiger partial charge in [0.1, 0.15) is 5.60 Å². The predicted octanol–water partition coefficient (Wildman–Crippen LogP) is 4.09. The molecule has 0 N–H and O–H groups in total. The summed E-state index contributed by atoms with van der Waals surface area (Å²) in [5.74, 6) is 0. The average molecular weight is 293 g/mol. The number of amides is 1. The first-order valence-electron chi connectivity index (χ1n) is 7.03. The second kappa shape index (κ2) is 6.08. The molecule has 0 saturated heterocycles. The summed E-state index contributed by atoms with van der Waals surface area (Å²) in [6, 6.07) is 6.52. The number of benzene rings is 1. The molecule has 1 heterocycles. The largest absolute Gasteiger partial charge is 0.444 e. The Balaban J connectivity index is 2.14. The monoisotopic (exact) mass is 293 g/mol. The average Bonchev–Trinajstić information content (AvgIpc) is 2.57. The third-order valence-corrected chi connectivity index (χ3v) is 4.03. The van der Waals surface area contributed by atoms with Crippen LogP contribution in [0.1, 0.15) is 38.3 Å². The lowest BCUT2D eigenvalue weighted by Crippen LogP contribution is -2.36. The number of aryl methyl sites for hydroxylation is 1. The predicted molar refractivity (Wildman–Crippen MR) is 83.2 cm³/mol. The van der Waals surface area contributed by atoms with E-state index < -0.39 is 5.60 Å². The van der Waals surface area contributed by atoms with Gasteiger partial charge in [-0.15, -0.1) is 11.8 Å². The van der Waals surface area contributed by atoms with Gasteiger partial charge in [0.05, 0.1) is 0 Å². The van der Waals surface area contributed by atoms with Crippen LogP contribution in [0.2, 0.25) is 0 Å². The normalized spacial score (nSPS) is 15.5. The number of thioether (sulfide) groups is 1. The highest BCUT2D eigenvalue weighted by atomic mass is 32.2. The van der Waals surface area contributed by atoms with Crippen LogP contribution >= 0.6 is 11.8 Å². The molecule has 0 fully saturated rings. The smallest absolute Gasteiger partial charge is 0.410 e. The van der Waals surface area contributed by atoms with Crippen LogP contribution in [0.4, 0.5) is 4.79 Å². The highest BCUT2D eigenvalue weighted by molar-refractivity contribution is 7.98. The number of carbonyl (C=O) groups is 1. The first-order chi connectivity index (χ1) is 9.39. The molecule has 0 atom stereocenters. The molecule has 1 aromatic rings. The Morgan fingerprint density at radius 1 is 1.30 bits per heavy atom. The van der Waals surface area contributed by atoms with E-state index >= 15 is 0 Å². The summed E-state index contributed by atoms with van der Waals surface area (Å²) < 4.78 is 5.48. The molecule has 4 heteroatoms. The summed E-state index contributed by atoms with van der Waals surface area (Å²) >= 11 is 1.76. The van der Waals surface area contributed by atoms with Crippen molar-refractivity contribution in [1.29, 1.82) is 0 Å². The minimum atomic E-state index is -0.436. The highest BCUT2D eigenvalue weighted by Gasteiger charge is 2.24. The van der Waals surface area contributed by atoms with Crippen LogP contribution < -0.4 is 0 Å². The molecule has 20 heavy (non-hydrogen) atoms. The van der Waals surface area contributed by atoms with E-state index in [2.05, 4.69) is 24.5 Å². The summed E-state index contributed by atoms with van der Waals surface area (Å²) in [5, 5.41) is 0. The fourth-order valence-electron chi connectivity index (χ4n) is 2.34. The van der Waals surface area contributed by atoms with Gasteiger partial charge in [-0.05, 0) is 63.1 Å². The van der Waals surface area contributed by atoms with Crippen molar-refractivity contribution in [1.82, 2.24) is 4.90 Å². The van der Waals surface area contributed by atoms with Gasteiger partial charge in [0, 0.05) is 18.0 Å². The second-order valence-electron chi connectivity index (χ2n) is 6.14. The lowest BCUT2D eigenvalue weighted by atomic mass is 10.0. The molecular formula is C16H23NO2S. The Morgan fingerprint density at radius 2 is 2.05 bits per heavy atom. The van der Waals surface area contributed by atoms with Crippen LogP contribution in [0, 0.1) is 0 Å². The van der Waals surface area contributed by atoms with Gasteiger partial charge in [-0.25, -0.2) is 4.79 Å². The standard InChI is InChI=1S/C16H23NO2S/c1-16(2,3)19-15(18)17-9-5-6-12-10-14(20-4)8-7-13(12)11-17/h7-8,10H,5-6,9,11H2,1-4H3. The van der Waals surface area contributed by atoms with Crippen molar-refractivity contribution in [3.8, 4) is 0 Å². The summed E-state index contributed by atoms with van der Waals surface area (Å²) in [6.45, 7) is 7.13. The van der Waals surface area contributed by atoms with E-state index in [1.165, 1.54) is 16.0 Å². The van der Waals surface area contributed by atoms with Gasteiger partial charge < -0.3 is 9.64 Å². The number of nitrogens with zero attached hydrogens (tertiary/aromatic N) is 1. The zero-order valence-corrected chi connectivity index (χ0v) is 13.5. The van der Waals surface area contributed by atoms with Crippen LogP contribution in [-0.2, 0) is 17.7 Å². The molecule has 1 aromatic carbocycles. The highest BCUT2D eigenvalue weighted by Crippen LogP contribution is 2.25. The van der Waals surface area contributed by atoms with Crippen LogP contribution in [0.15, 0.2) is 23.1 Å². The van der Waals surface area contributed by atoms with E-state index in [4.69, 9.17) is 4.74 Å². The van der Waals surface area contributed by atoms with Crippen molar-refractivity contribution in [2.24, 2.45) is 0 Å². The fraction of sp³-hybridized carbons (Fsp3) is 0.562. The summed E-state index contributed by atoms with van der Waals surface area (Å²) in [5.41, 5.74) is 2.17. The minimum absolute atomic E-state index is 0.209. The Hall–Kier alpha value is -1.16. The van der Waals surface area contributed by atoms with Crippen molar-refractivity contribution < 1.29 is 9.53 Å². The molecule has 0 aliphatic carbocycles. The van der Waals surface area contributed by atoms with Crippen LogP contribution in [-0.4, -0.2) is 29.4 Å². The van der Waals surface area contributed by atoms with Crippen molar-refractivity contribution >= 4 is 17.9 Å². The molecule has 0 spiro atoms. The number of hydrogen-bond acceptors (Lipinski definition) is 3. The van der Waals surface area contributed by atoms with Gasteiger partial charge in [-0.1, -0.05) is 6.07 Å². The van der Waals surface area contributed by atoms with Crippen molar-refractivity contribution in [2.45, 2.75) is 50.7 Å². The molecule has 0 aromatic heterocycles. The maximum absolute atomic E-state index is 12.2. The maximum Gasteiger partial charge on any atom is 0.410 e. The molecule has 1 aliphatic rings. The van der Waals surface area contributed by atoms with Gasteiger partial charge >= 0.3 is 6.09 Å². The molecule has 1 aliphatic heterocycles. The van der Waals surface area contributed by atoms with E-state index in [0.29, 0.717) is 6.54 Å². The zero-order valence-electron chi connectivity index (χ0n) is 12.7. The van der Waals surface area contributed by atoms with Gasteiger partial charge in [-0.2, -0.15) is 0 Å². The van der Waals surface area contributed by atoms with E-state index in [9.17, 15) is 4.79 Å². The molecule has 0 saturated carbocycles. The molecule has 0 unspecified atom stereocenters. The number of fused-ring (bicyclic) bond motifs is 1. The van der Waals surface area contributed by atoms with E-state index in [1.807, 2.05) is 25.7 Å². The van der Waals surface area contributed by atoms with Crippen LogP contribution in [0.25, 0.3) is 0 Å². The molecule has 1 amide bonds. The first-order valence-corrected chi connectivity index (χ1v) is 8.25. The Kier molecular flexibility index (Phi) is 4.63. The van der Waals surface area contributed by atoms with Crippen molar-refractivity contribution in [3.63, 3.8) is 0 Å². The topological polar surface area (TPSA) is 29.5 Å². The quantitative estimate of drug-likeness (QED) is 0.730. The molecular weight excluding hydrogens is 270 g/mol. The minimum Gasteiger partial charge on any atom is -0.444 e. The third kappa shape index (κ3) is 3.92. The maximum atomic E-state index is 12.2. The molecule has 0 bridgehead atoms. The molecule has 110 valence electrons. The van der Waals surface area contributed by atoms with Crippen LogP contribution in [0.3, 0.4) is 0 Å². The first kappa shape index (κ1) is 15.2. The summed E-state index contributed by atoms with van der Waals surface area (Å²) in [6.07, 6.45) is 3.90. The molecule has 0 radical (unpaired) electrons. The lowest BCUT2D eigenvalue weighted by molar-refractivity contribution is 0.0237. The molecule has 3 nitrogen and oxygen atoms in total.